The first-order chi connectivity index (χ1) is 14.5. The molecule has 1 N–H and O–H groups in total. The lowest BCUT2D eigenvalue weighted by Gasteiger charge is -2.28. The third-order valence-electron chi connectivity index (χ3n) is 5.53. The lowest BCUT2D eigenvalue weighted by molar-refractivity contribution is 0.0982. The first-order valence-electron chi connectivity index (χ1n) is 10.7. The van der Waals surface area contributed by atoms with E-state index < -0.39 is 0 Å². The van der Waals surface area contributed by atoms with Crippen LogP contribution in [-0.2, 0) is 25.8 Å². The molecule has 0 saturated heterocycles. The monoisotopic (exact) mass is 402 g/mol. The molecule has 0 aliphatic carbocycles. The molecular weight excluding hydrogens is 372 g/mol. The minimum absolute atomic E-state index is 0.219. The van der Waals surface area contributed by atoms with Crippen LogP contribution in [0.5, 0.6) is 0 Å². The second-order valence-corrected chi connectivity index (χ2v) is 7.52. The summed E-state index contributed by atoms with van der Waals surface area (Å²) in [4.78, 5) is 31.7. The van der Waals surface area contributed by atoms with Crippen LogP contribution in [-0.4, -0.2) is 10.9 Å². The van der Waals surface area contributed by atoms with Gasteiger partial charge in [-0.25, -0.2) is 0 Å². The molecular formula is C26H30N2O2. The molecule has 4 heteroatoms. The third-order valence-corrected chi connectivity index (χ3v) is 5.53. The van der Waals surface area contributed by atoms with E-state index in [1.807, 2.05) is 43.3 Å². The number of amides is 1. The van der Waals surface area contributed by atoms with Gasteiger partial charge < -0.3 is 9.88 Å². The standard InChI is InChI=1S/C26H30N2O2/c1-5-20-14-11-15-21(6-2)25(20)28(17-19-12-9-8-10-13-19)26(30)24-18(4)27-22(7-3)16-23(24)29/h8-16H,5-7,17H2,1-4H3,(H,27,29). The van der Waals surface area contributed by atoms with Crippen molar-refractivity contribution in [1.29, 1.82) is 0 Å². The molecule has 1 heterocycles. The van der Waals surface area contributed by atoms with E-state index in [1.165, 1.54) is 0 Å². The Morgan fingerprint density at radius 1 is 0.900 bits per heavy atom. The van der Waals surface area contributed by atoms with Crippen LogP contribution in [0.4, 0.5) is 5.69 Å². The van der Waals surface area contributed by atoms with Crippen molar-refractivity contribution in [3.8, 4) is 0 Å². The number of aromatic amines is 1. The van der Waals surface area contributed by atoms with Crippen LogP contribution in [0.25, 0.3) is 0 Å². The van der Waals surface area contributed by atoms with Gasteiger partial charge in [-0.05, 0) is 42.9 Å². The van der Waals surface area contributed by atoms with Crippen molar-refractivity contribution in [2.45, 2.75) is 53.5 Å². The second kappa shape index (κ2) is 9.57. The Bertz CT molecular complexity index is 1060. The lowest BCUT2D eigenvalue weighted by atomic mass is 10.00. The number of carbonyl (C=O) groups is 1. The summed E-state index contributed by atoms with van der Waals surface area (Å²) in [6.07, 6.45) is 2.34. The molecule has 4 nitrogen and oxygen atoms in total. The van der Waals surface area contributed by atoms with E-state index in [0.29, 0.717) is 12.2 Å². The van der Waals surface area contributed by atoms with Crippen molar-refractivity contribution in [3.63, 3.8) is 0 Å². The first-order valence-corrected chi connectivity index (χ1v) is 10.7. The molecule has 3 rings (SSSR count). The molecule has 1 amide bonds. The molecule has 0 fully saturated rings. The van der Waals surface area contributed by atoms with E-state index in [9.17, 15) is 9.59 Å². The maximum absolute atomic E-state index is 13.8. The van der Waals surface area contributed by atoms with Gasteiger partial charge in [0, 0.05) is 17.5 Å². The minimum atomic E-state index is -0.254. The second-order valence-electron chi connectivity index (χ2n) is 7.52. The van der Waals surface area contributed by atoms with Gasteiger partial charge in [0.2, 0.25) is 0 Å². The zero-order valence-corrected chi connectivity index (χ0v) is 18.3. The van der Waals surface area contributed by atoms with E-state index in [-0.39, 0.29) is 16.9 Å². The van der Waals surface area contributed by atoms with E-state index >= 15 is 0 Å². The Hall–Kier alpha value is -3.14. The highest BCUT2D eigenvalue weighted by molar-refractivity contribution is 6.07. The molecule has 0 aliphatic rings. The number of hydrogen-bond acceptors (Lipinski definition) is 2. The summed E-state index contributed by atoms with van der Waals surface area (Å²) in [6, 6.07) is 17.7. The quantitative estimate of drug-likeness (QED) is 0.589. The average Bonchev–Trinajstić information content (AvgIpc) is 2.76. The highest BCUT2D eigenvalue weighted by Gasteiger charge is 2.26. The van der Waals surface area contributed by atoms with Crippen molar-refractivity contribution in [2.75, 3.05) is 4.90 Å². The van der Waals surface area contributed by atoms with Crippen molar-refractivity contribution in [1.82, 2.24) is 4.98 Å². The first kappa shape index (κ1) is 21.6. The largest absolute Gasteiger partial charge is 0.362 e. The number of aromatic nitrogens is 1. The molecule has 2 aromatic carbocycles. The van der Waals surface area contributed by atoms with E-state index in [2.05, 4.69) is 31.0 Å². The van der Waals surface area contributed by atoms with Crippen LogP contribution in [0.2, 0.25) is 0 Å². The molecule has 0 aliphatic heterocycles. The Kier molecular flexibility index (Phi) is 6.88. The van der Waals surface area contributed by atoms with Crippen molar-refractivity contribution >= 4 is 11.6 Å². The van der Waals surface area contributed by atoms with Crippen molar-refractivity contribution in [2.24, 2.45) is 0 Å². The molecule has 30 heavy (non-hydrogen) atoms. The van der Waals surface area contributed by atoms with E-state index in [0.717, 1.165) is 47.3 Å². The zero-order chi connectivity index (χ0) is 21.7. The molecule has 0 saturated carbocycles. The summed E-state index contributed by atoms with van der Waals surface area (Å²) < 4.78 is 0. The number of aryl methyl sites for hydroxylation is 4. The fourth-order valence-electron chi connectivity index (χ4n) is 3.93. The molecule has 0 bridgehead atoms. The SMILES string of the molecule is CCc1cc(=O)c(C(=O)N(Cc2ccccc2)c2c(CC)cccc2CC)c(C)[nH]1. The summed E-state index contributed by atoms with van der Waals surface area (Å²) >= 11 is 0. The lowest BCUT2D eigenvalue weighted by Crippen LogP contribution is -2.36. The molecule has 0 radical (unpaired) electrons. The fraction of sp³-hybridized carbons (Fsp3) is 0.308. The molecule has 0 unspecified atom stereocenters. The van der Waals surface area contributed by atoms with Crippen LogP contribution in [0.15, 0.2) is 59.4 Å². The number of H-pyrrole nitrogens is 1. The van der Waals surface area contributed by atoms with Gasteiger partial charge in [0.15, 0.2) is 5.43 Å². The summed E-state index contributed by atoms with van der Waals surface area (Å²) in [5.41, 5.74) is 5.62. The van der Waals surface area contributed by atoms with E-state index in [4.69, 9.17) is 0 Å². The molecule has 156 valence electrons. The fourth-order valence-corrected chi connectivity index (χ4v) is 3.93. The Morgan fingerprint density at radius 3 is 2.07 bits per heavy atom. The normalized spacial score (nSPS) is 10.8. The summed E-state index contributed by atoms with van der Waals surface area (Å²) in [7, 11) is 0. The summed E-state index contributed by atoms with van der Waals surface area (Å²) in [6.45, 7) is 8.40. The van der Waals surface area contributed by atoms with Crippen LogP contribution in [0.1, 0.15) is 59.2 Å². The van der Waals surface area contributed by atoms with Crippen molar-refractivity contribution < 1.29 is 4.79 Å². The number of anilines is 1. The van der Waals surface area contributed by atoms with E-state index in [1.54, 1.807) is 17.9 Å². The number of para-hydroxylation sites is 1. The molecule has 0 spiro atoms. The number of rotatable bonds is 7. The van der Waals surface area contributed by atoms with Gasteiger partial charge in [-0.1, -0.05) is 69.3 Å². The summed E-state index contributed by atoms with van der Waals surface area (Å²) in [5.74, 6) is -0.254. The number of benzene rings is 2. The maximum Gasteiger partial charge on any atom is 0.264 e. The van der Waals surface area contributed by atoms with Gasteiger partial charge in [-0.3, -0.25) is 9.59 Å². The number of carbonyl (C=O) groups excluding carboxylic acids is 1. The van der Waals surface area contributed by atoms with Gasteiger partial charge in [-0.15, -0.1) is 0 Å². The highest BCUT2D eigenvalue weighted by Crippen LogP contribution is 2.30. The van der Waals surface area contributed by atoms with Crippen LogP contribution >= 0.6 is 0 Å². The van der Waals surface area contributed by atoms with Gasteiger partial charge >= 0.3 is 0 Å². The van der Waals surface area contributed by atoms with Gasteiger partial charge in [0.05, 0.1) is 12.2 Å². The maximum atomic E-state index is 13.8. The molecule has 0 atom stereocenters. The minimum Gasteiger partial charge on any atom is -0.362 e. The molecule has 1 aromatic heterocycles. The number of nitrogens with one attached hydrogen (secondary N) is 1. The smallest absolute Gasteiger partial charge is 0.264 e. The van der Waals surface area contributed by atoms with Gasteiger partial charge in [-0.2, -0.15) is 0 Å². The van der Waals surface area contributed by atoms with Crippen LogP contribution < -0.4 is 10.3 Å². The Labute approximate surface area is 178 Å². The summed E-state index contributed by atoms with van der Waals surface area (Å²) in [5, 5.41) is 0. The number of hydrogen-bond donors (Lipinski definition) is 1. The number of pyridine rings is 1. The zero-order valence-electron chi connectivity index (χ0n) is 18.3. The predicted molar refractivity (Wildman–Crippen MR) is 123 cm³/mol. The Morgan fingerprint density at radius 2 is 1.53 bits per heavy atom. The van der Waals surface area contributed by atoms with Crippen LogP contribution in [0, 0.1) is 6.92 Å². The predicted octanol–water partition coefficient (Wildman–Crippen LogP) is 5.22. The molecule has 3 aromatic rings. The van der Waals surface area contributed by atoms with Gasteiger partial charge in [0.25, 0.3) is 5.91 Å². The van der Waals surface area contributed by atoms with Crippen LogP contribution in [0.3, 0.4) is 0 Å². The third kappa shape index (κ3) is 4.38. The highest BCUT2D eigenvalue weighted by atomic mass is 16.2. The topological polar surface area (TPSA) is 53.2 Å². The Balaban J connectivity index is 2.19. The van der Waals surface area contributed by atoms with Gasteiger partial charge in [0.1, 0.15) is 5.56 Å². The average molecular weight is 403 g/mol. The number of nitrogens with zero attached hydrogens (tertiary/aromatic N) is 1. The van der Waals surface area contributed by atoms with Crippen molar-refractivity contribution in [3.05, 3.63) is 98.5 Å².